The maximum Gasteiger partial charge on any atom is 0.410 e. The number of aliphatic hydroxyl groups is 3. The lowest BCUT2D eigenvalue weighted by atomic mass is 9.72. The zero-order valence-electron chi connectivity index (χ0n) is 41.5. The predicted octanol–water partition coefficient (Wildman–Crippen LogP) is 2.00. The number of aliphatic hydroxyl groups excluding tert-OH is 2. The van der Waals surface area contributed by atoms with Gasteiger partial charge in [0.1, 0.15) is 53.1 Å². The number of nitrogens with zero attached hydrogens (tertiary/aromatic N) is 2. The van der Waals surface area contributed by atoms with Gasteiger partial charge in [-0.2, -0.15) is 0 Å². The van der Waals surface area contributed by atoms with E-state index in [2.05, 4.69) is 20.7 Å². The molecule has 9 N–H and O–H groups in total. The third kappa shape index (κ3) is 16.8. The number of ether oxygens (including phenoxy) is 7. The second-order valence-electron chi connectivity index (χ2n) is 20.6. The molecule has 1 aliphatic carbocycles. The number of carbonyl (C=O) groups is 4. The number of benzene rings is 1. The molecule has 0 bridgehead atoms. The smallest absolute Gasteiger partial charge is 0.410 e. The van der Waals surface area contributed by atoms with Crippen LogP contribution in [-0.2, 0) is 49.8 Å². The van der Waals surface area contributed by atoms with Gasteiger partial charge in [0.15, 0.2) is 6.29 Å². The predicted molar refractivity (Wildman–Crippen MR) is 248 cm³/mol. The first kappa shape index (κ1) is 57.5. The molecular weight excluding hydrogens is 947 g/mol. The molecule has 1 aromatic carbocycles. The summed E-state index contributed by atoms with van der Waals surface area (Å²) < 4.78 is 70.1. The number of nitro groups is 1. The van der Waals surface area contributed by atoms with Crippen LogP contribution in [0.5, 0.6) is 0 Å². The third-order valence-electron chi connectivity index (χ3n) is 11.0. The van der Waals surface area contributed by atoms with Crippen LogP contribution in [0.1, 0.15) is 87.6 Å². The number of alkyl carbamates (subject to hydrolysis) is 3. The Morgan fingerprint density at radius 1 is 0.900 bits per heavy atom. The van der Waals surface area contributed by atoms with Gasteiger partial charge in [-0.3, -0.25) is 10.1 Å². The monoisotopic (exact) mass is 1020 g/mol. The van der Waals surface area contributed by atoms with E-state index in [1.54, 1.807) is 68.4 Å². The molecule has 26 heteroatoms. The SMILES string of the molecule is CN(C(=O)OC(C)(C)C)[C@@H]1[C@@H](O)[C@@H](O[C@H]2[C@H](NS(=O)(=O)CCN)C[C@H](NC(=O)OC(C)(C)C)C([C@H]3OC(CNC(=O)OCc4ccc([N+](=O)[O-])cc4)=CC[C@H]3NC(=O)OC(C)(C)C)[C@@H]2O)OC[C@]1(C)O. The number of nitro benzene ring substituents is 1. The van der Waals surface area contributed by atoms with Crippen molar-refractivity contribution in [1.82, 2.24) is 25.6 Å². The van der Waals surface area contributed by atoms with Crippen LogP contribution >= 0.6 is 0 Å². The molecule has 396 valence electrons. The molecule has 4 amide bonds. The molecule has 1 aromatic rings. The Bertz CT molecular complexity index is 2140. The number of hydrogen-bond donors (Lipinski definition) is 8. The number of nitrogens with two attached hydrogens (primary N) is 1. The first-order valence-corrected chi connectivity index (χ1v) is 24.3. The van der Waals surface area contributed by atoms with E-state index in [0.717, 1.165) is 4.90 Å². The Balaban J connectivity index is 1.76. The number of carbonyl (C=O) groups excluding carboxylic acids is 4. The molecule has 0 spiro atoms. The van der Waals surface area contributed by atoms with Gasteiger partial charge < -0.3 is 75.1 Å². The van der Waals surface area contributed by atoms with Crippen LogP contribution in [0.3, 0.4) is 0 Å². The van der Waals surface area contributed by atoms with Gasteiger partial charge in [-0.15, -0.1) is 0 Å². The number of amides is 4. The minimum Gasteiger partial charge on any atom is -0.491 e. The molecule has 1 saturated carbocycles. The molecule has 2 heterocycles. The van der Waals surface area contributed by atoms with Crippen molar-refractivity contribution in [3.8, 4) is 0 Å². The van der Waals surface area contributed by atoms with Crippen molar-refractivity contribution >= 4 is 40.1 Å². The summed E-state index contributed by atoms with van der Waals surface area (Å²) >= 11 is 0. The Morgan fingerprint density at radius 2 is 1.47 bits per heavy atom. The molecule has 0 aromatic heterocycles. The Kier molecular flexibility index (Phi) is 18.9. The van der Waals surface area contributed by atoms with Gasteiger partial charge in [0.25, 0.3) is 5.69 Å². The van der Waals surface area contributed by atoms with E-state index in [4.69, 9.17) is 38.9 Å². The van der Waals surface area contributed by atoms with Crippen molar-refractivity contribution in [3.63, 3.8) is 0 Å². The fourth-order valence-corrected chi connectivity index (χ4v) is 9.30. The largest absolute Gasteiger partial charge is 0.491 e. The van der Waals surface area contributed by atoms with Gasteiger partial charge in [-0.1, -0.05) is 0 Å². The van der Waals surface area contributed by atoms with Crippen molar-refractivity contribution in [2.75, 3.05) is 32.5 Å². The molecule has 2 fully saturated rings. The van der Waals surface area contributed by atoms with E-state index in [1.165, 1.54) is 38.2 Å². The summed E-state index contributed by atoms with van der Waals surface area (Å²) in [5.41, 5.74) is 1.10. The Hall–Kier alpha value is -5.09. The van der Waals surface area contributed by atoms with Crippen LogP contribution in [0.15, 0.2) is 36.1 Å². The zero-order chi connectivity index (χ0) is 52.7. The maximum atomic E-state index is 13.6. The number of likely N-dealkylation sites (N-methyl/N-ethyl adjacent to an activating group) is 1. The second-order valence-corrected chi connectivity index (χ2v) is 22.5. The molecule has 3 aliphatic rings. The lowest BCUT2D eigenvalue weighted by Crippen LogP contribution is -2.71. The van der Waals surface area contributed by atoms with Crippen LogP contribution in [0.25, 0.3) is 0 Å². The van der Waals surface area contributed by atoms with Gasteiger partial charge in [0.2, 0.25) is 10.0 Å². The molecule has 11 atom stereocenters. The summed E-state index contributed by atoms with van der Waals surface area (Å²) in [5.74, 6) is -1.83. The Labute approximate surface area is 407 Å². The molecule has 1 saturated heterocycles. The average Bonchev–Trinajstić information content (AvgIpc) is 3.19. The number of rotatable bonds is 15. The van der Waals surface area contributed by atoms with Gasteiger partial charge in [-0.05, 0) is 106 Å². The van der Waals surface area contributed by atoms with Gasteiger partial charge in [0.05, 0.1) is 48.1 Å². The number of sulfonamides is 1. The first-order chi connectivity index (χ1) is 32.2. The molecule has 25 nitrogen and oxygen atoms in total. The van der Waals surface area contributed by atoms with E-state index in [0.29, 0.717) is 5.56 Å². The summed E-state index contributed by atoms with van der Waals surface area (Å²) in [5, 5.41) is 55.2. The summed E-state index contributed by atoms with van der Waals surface area (Å²) in [7, 11) is -2.96. The van der Waals surface area contributed by atoms with E-state index < -0.39 is 135 Å². The summed E-state index contributed by atoms with van der Waals surface area (Å²) in [4.78, 5) is 64.7. The summed E-state index contributed by atoms with van der Waals surface area (Å²) in [6.07, 6.45) is -11.0. The molecule has 4 rings (SSSR count). The van der Waals surface area contributed by atoms with Crippen molar-refractivity contribution in [1.29, 1.82) is 0 Å². The molecule has 70 heavy (non-hydrogen) atoms. The van der Waals surface area contributed by atoms with Crippen LogP contribution in [0, 0.1) is 16.0 Å². The Morgan fingerprint density at radius 3 is 2.01 bits per heavy atom. The molecule has 1 unspecified atom stereocenters. The first-order valence-electron chi connectivity index (χ1n) is 22.7. The normalized spacial score (nSPS) is 28.5. The fraction of sp³-hybridized carbons (Fsp3) is 0.727. The quantitative estimate of drug-likeness (QED) is 0.0707. The highest BCUT2D eigenvalue weighted by Gasteiger charge is 2.57. The van der Waals surface area contributed by atoms with Crippen molar-refractivity contribution in [2.45, 2.75) is 166 Å². The van der Waals surface area contributed by atoms with Gasteiger partial charge in [0, 0.05) is 37.7 Å². The van der Waals surface area contributed by atoms with E-state index >= 15 is 0 Å². The third-order valence-corrected chi connectivity index (χ3v) is 12.4. The lowest BCUT2D eigenvalue weighted by molar-refractivity contribution is -0.384. The number of non-ortho nitro benzene ring substituents is 1. The highest BCUT2D eigenvalue weighted by atomic mass is 32.2. The van der Waals surface area contributed by atoms with E-state index in [1.807, 2.05) is 0 Å². The summed E-state index contributed by atoms with van der Waals surface area (Å²) in [6.45, 7) is 14.6. The van der Waals surface area contributed by atoms with Crippen LogP contribution in [-0.4, -0.2) is 168 Å². The average molecular weight is 1020 g/mol. The second kappa shape index (κ2) is 23.0. The van der Waals surface area contributed by atoms with Gasteiger partial charge >= 0.3 is 24.4 Å². The lowest BCUT2D eigenvalue weighted by Gasteiger charge is -2.52. The molecular formula is C44H71N7O18S. The highest BCUT2D eigenvalue weighted by Crippen LogP contribution is 2.39. The minimum absolute atomic E-state index is 0.0164. The topological polar surface area (TPSA) is 348 Å². The highest BCUT2D eigenvalue weighted by molar-refractivity contribution is 7.89. The van der Waals surface area contributed by atoms with Crippen LogP contribution in [0.4, 0.5) is 24.9 Å². The molecule has 2 aliphatic heterocycles. The maximum absolute atomic E-state index is 13.6. The standard InChI is InChI=1S/C44H71N7O18S/c1-41(2,3)67-38(55)47-27-17-16-26(21-46-37(54)63-22-24-12-14-25(15-13-24)51(59)60)65-33(27)30-28(48-39(56)68-42(4,5)6)20-29(49-70(61,62)19-18-45)34(31(30)52)66-36-32(53)35(44(10,58)23-64-36)50(11)40(57)69-43(7,8)9/h12-16,27-36,49,52-53,58H,17-23,45H2,1-11H3,(H,46,54)(H,47,55)(H,48,56)/t27-,28+,29-,30?,31+,32-,33+,34+,35-,36-,44+/m1/s1. The minimum atomic E-state index is -4.25. The number of nitrogens with one attached hydrogen (secondary N) is 4. The summed E-state index contributed by atoms with van der Waals surface area (Å²) in [6, 6.07) is 0.178. The van der Waals surface area contributed by atoms with Crippen LogP contribution in [0.2, 0.25) is 0 Å². The molecule has 0 radical (unpaired) electrons. The van der Waals surface area contributed by atoms with E-state index in [-0.39, 0.29) is 44.0 Å². The zero-order valence-corrected chi connectivity index (χ0v) is 42.3. The van der Waals surface area contributed by atoms with Crippen molar-refractivity contribution in [2.24, 2.45) is 11.7 Å². The van der Waals surface area contributed by atoms with Crippen LogP contribution < -0.4 is 26.4 Å². The van der Waals surface area contributed by atoms with Gasteiger partial charge in [-0.25, -0.2) is 32.3 Å². The fourth-order valence-electron chi connectivity index (χ4n) is 8.18. The van der Waals surface area contributed by atoms with E-state index in [9.17, 15) is 53.0 Å². The van der Waals surface area contributed by atoms with Crippen molar-refractivity contribution < 1.29 is 81.0 Å². The van der Waals surface area contributed by atoms with Crippen molar-refractivity contribution in [3.05, 3.63) is 51.8 Å². The number of hydrogen-bond acceptors (Lipinski definition) is 19.